The maximum atomic E-state index is 11.5. The van der Waals surface area contributed by atoms with E-state index in [0.29, 0.717) is 0 Å². The molecule has 176 valence electrons. The maximum Gasteiger partial charge on any atom is 0.346 e. The van der Waals surface area contributed by atoms with Crippen LogP contribution < -0.4 is 9.13 Å². The number of benzene rings is 3. The zero-order valence-corrected chi connectivity index (χ0v) is 19.8. The molecule has 5 aromatic rings. The Balaban J connectivity index is 1.80. The molecule has 2 aromatic heterocycles. The fourth-order valence-electron chi connectivity index (χ4n) is 5.16. The normalized spacial score (nSPS) is 11.4. The monoisotopic (exact) mass is 470 g/mol. The molecule has 0 aliphatic carbocycles. The first-order valence-corrected chi connectivity index (χ1v) is 11.3. The second-order valence-electron chi connectivity index (χ2n) is 8.82. The van der Waals surface area contributed by atoms with Gasteiger partial charge in [0.1, 0.15) is 11.4 Å². The van der Waals surface area contributed by atoms with Gasteiger partial charge in [-0.15, -0.1) is 0 Å². The van der Waals surface area contributed by atoms with Gasteiger partial charge >= 0.3 is 11.9 Å². The van der Waals surface area contributed by atoms with Gasteiger partial charge in [-0.1, -0.05) is 24.3 Å². The molecule has 3 aromatic carbocycles. The number of nitrogens with zero attached hydrogens (tertiary/aromatic N) is 4. The summed E-state index contributed by atoms with van der Waals surface area (Å²) < 4.78 is 7.57. The number of fused-ring (bicyclic) bond motifs is 2. The van der Waals surface area contributed by atoms with Crippen LogP contribution in [0.5, 0.6) is 0 Å². The summed E-state index contributed by atoms with van der Waals surface area (Å²) in [5, 5.41) is 18.9. The number of para-hydroxylation sites is 4. The Kier molecular flexibility index (Phi) is 5.36. The largest absolute Gasteiger partial charge is 0.478 e. The molecular weight excluding hydrogens is 444 g/mol. The Labute approximate surface area is 201 Å². The van der Waals surface area contributed by atoms with Gasteiger partial charge in [0.15, 0.2) is 35.2 Å². The van der Waals surface area contributed by atoms with Gasteiger partial charge in [-0.2, -0.15) is 9.13 Å². The lowest BCUT2D eigenvalue weighted by Crippen LogP contribution is -2.36. The molecule has 0 atom stereocenters. The van der Waals surface area contributed by atoms with Crippen molar-refractivity contribution in [3.63, 3.8) is 0 Å². The third-order valence-electron chi connectivity index (χ3n) is 6.39. The van der Waals surface area contributed by atoms with Crippen molar-refractivity contribution >= 4 is 34.0 Å². The van der Waals surface area contributed by atoms with Gasteiger partial charge in [-0.25, -0.2) is 18.7 Å². The van der Waals surface area contributed by atoms with Crippen molar-refractivity contribution < 1.29 is 28.9 Å². The van der Waals surface area contributed by atoms with Crippen molar-refractivity contribution in [3.05, 3.63) is 83.9 Å². The summed E-state index contributed by atoms with van der Waals surface area (Å²) >= 11 is 0. The number of carboxylic acid groups (broad SMARTS) is 2. The quantitative estimate of drug-likeness (QED) is 0.373. The predicted molar refractivity (Wildman–Crippen MR) is 130 cm³/mol. The Bertz CT molecular complexity index is 1530. The number of hydrogen-bond acceptors (Lipinski definition) is 2. The van der Waals surface area contributed by atoms with E-state index in [1.54, 1.807) is 9.13 Å². The Morgan fingerprint density at radius 1 is 0.714 bits per heavy atom. The van der Waals surface area contributed by atoms with Crippen LogP contribution in [0.1, 0.15) is 16.7 Å². The summed E-state index contributed by atoms with van der Waals surface area (Å²) in [7, 11) is 0. The summed E-state index contributed by atoms with van der Waals surface area (Å²) in [5.41, 5.74) is 8.55. The van der Waals surface area contributed by atoms with Crippen molar-refractivity contribution in [1.82, 2.24) is 9.13 Å². The van der Waals surface area contributed by atoms with Crippen molar-refractivity contribution in [3.8, 4) is 11.4 Å². The van der Waals surface area contributed by atoms with E-state index in [-0.39, 0.29) is 13.1 Å². The van der Waals surface area contributed by atoms with Gasteiger partial charge < -0.3 is 10.2 Å². The van der Waals surface area contributed by atoms with E-state index in [1.165, 1.54) is 0 Å². The van der Waals surface area contributed by atoms with Crippen LogP contribution in [0.25, 0.3) is 33.4 Å². The van der Waals surface area contributed by atoms with Crippen molar-refractivity contribution in [2.24, 2.45) is 0 Å². The molecular formula is C27H26N4O4+2. The second kappa shape index (κ2) is 8.39. The van der Waals surface area contributed by atoms with E-state index in [4.69, 9.17) is 0 Å². The Morgan fingerprint density at radius 3 is 1.51 bits per heavy atom. The van der Waals surface area contributed by atoms with E-state index in [0.717, 1.165) is 50.1 Å². The highest BCUT2D eigenvalue weighted by Crippen LogP contribution is 2.32. The van der Waals surface area contributed by atoms with Gasteiger partial charge in [0.25, 0.3) is 12.7 Å². The molecule has 8 nitrogen and oxygen atoms in total. The average Bonchev–Trinajstić information content (AvgIpc) is 3.32. The first-order valence-electron chi connectivity index (χ1n) is 11.3. The van der Waals surface area contributed by atoms with Crippen LogP contribution in [0.3, 0.4) is 0 Å². The van der Waals surface area contributed by atoms with Gasteiger partial charge in [0.2, 0.25) is 0 Å². The fraction of sp³-hybridized carbons (Fsp3) is 0.185. The number of hydrogen-bond donors (Lipinski definition) is 2. The number of carbonyl (C=O) groups is 2. The van der Waals surface area contributed by atoms with Gasteiger partial charge in [-0.3, -0.25) is 0 Å². The van der Waals surface area contributed by atoms with E-state index in [1.807, 2.05) is 84.2 Å². The van der Waals surface area contributed by atoms with Crippen LogP contribution in [0, 0.1) is 20.8 Å². The second-order valence-corrected chi connectivity index (χ2v) is 8.82. The van der Waals surface area contributed by atoms with Crippen molar-refractivity contribution in [1.29, 1.82) is 0 Å². The minimum absolute atomic E-state index is 0.137. The molecule has 0 aliphatic rings. The Morgan fingerprint density at radius 2 is 1.11 bits per heavy atom. The summed E-state index contributed by atoms with van der Waals surface area (Å²) in [5.74, 6) is -1.81. The number of aryl methyl sites for hydroxylation is 2. The van der Waals surface area contributed by atoms with Gasteiger partial charge in [0, 0.05) is 5.56 Å². The third kappa shape index (κ3) is 3.73. The van der Waals surface area contributed by atoms with Crippen molar-refractivity contribution in [2.75, 3.05) is 0 Å². The number of imidazole rings is 2. The molecule has 2 N–H and O–H groups in total. The van der Waals surface area contributed by atoms with Crippen LogP contribution in [-0.2, 0) is 22.7 Å². The minimum atomic E-state index is -0.905. The molecule has 8 heteroatoms. The third-order valence-corrected chi connectivity index (χ3v) is 6.39. The zero-order valence-electron chi connectivity index (χ0n) is 19.8. The standard InChI is InChI=1S/C27H24N4O4/c1-17-12-18(2)27(31-16-29(14-25(34)35)21-9-5-7-11-23(21)31)19(3)26(17)30-15-28(13-24(32)33)20-8-4-6-10-22(20)30/h4-12,15-16H,13-14H2,1-3H3/p+2. The molecule has 0 fully saturated rings. The number of aliphatic carboxylic acids is 2. The fourth-order valence-corrected chi connectivity index (χ4v) is 5.16. The predicted octanol–water partition coefficient (Wildman–Crippen LogP) is 3.24. The zero-order chi connectivity index (χ0) is 24.9. The highest BCUT2D eigenvalue weighted by Gasteiger charge is 2.27. The van der Waals surface area contributed by atoms with Crippen LogP contribution in [0.2, 0.25) is 0 Å². The van der Waals surface area contributed by atoms with E-state index in [9.17, 15) is 19.8 Å². The highest BCUT2D eigenvalue weighted by molar-refractivity contribution is 5.79. The summed E-state index contributed by atoms with van der Waals surface area (Å²) in [6, 6.07) is 17.6. The van der Waals surface area contributed by atoms with Crippen LogP contribution in [0.4, 0.5) is 0 Å². The van der Waals surface area contributed by atoms with Crippen LogP contribution in [-0.4, -0.2) is 31.3 Å². The highest BCUT2D eigenvalue weighted by atomic mass is 16.4. The first kappa shape index (κ1) is 22.3. The number of rotatable bonds is 6. The lowest BCUT2D eigenvalue weighted by atomic mass is 10.0. The molecule has 0 spiro atoms. The molecule has 0 saturated heterocycles. The van der Waals surface area contributed by atoms with Gasteiger partial charge in [-0.05, 0) is 62.2 Å². The first-order chi connectivity index (χ1) is 16.8. The summed E-state index contributed by atoms with van der Waals surface area (Å²) in [6.07, 6.45) is 3.68. The lowest BCUT2D eigenvalue weighted by Gasteiger charge is -2.13. The van der Waals surface area contributed by atoms with E-state index in [2.05, 4.69) is 13.0 Å². The number of aromatic nitrogens is 4. The van der Waals surface area contributed by atoms with E-state index < -0.39 is 11.9 Å². The SMILES string of the molecule is Cc1cc(C)c(-n2c[n+](CC(=O)O)c3ccccc32)c(C)c1-n1c[n+](CC(=O)O)c2ccccc21. The lowest BCUT2D eigenvalue weighted by molar-refractivity contribution is -0.660. The molecule has 0 amide bonds. The average molecular weight is 471 g/mol. The molecule has 5 rings (SSSR count). The van der Waals surface area contributed by atoms with Crippen molar-refractivity contribution in [2.45, 2.75) is 33.9 Å². The molecule has 35 heavy (non-hydrogen) atoms. The molecule has 2 heterocycles. The summed E-state index contributed by atoms with van der Waals surface area (Å²) in [6.45, 7) is 5.88. The molecule has 0 saturated carbocycles. The maximum absolute atomic E-state index is 11.5. The van der Waals surface area contributed by atoms with Gasteiger partial charge in [0.05, 0.1) is 0 Å². The molecule has 0 radical (unpaired) electrons. The summed E-state index contributed by atoms with van der Waals surface area (Å²) in [4.78, 5) is 23.0. The topological polar surface area (TPSA) is 92.2 Å². The number of carboxylic acids is 2. The Hall–Kier alpha value is -4.46. The van der Waals surface area contributed by atoms with Crippen LogP contribution >= 0.6 is 0 Å². The minimum Gasteiger partial charge on any atom is -0.478 e. The smallest absolute Gasteiger partial charge is 0.346 e. The molecule has 0 aliphatic heterocycles. The molecule has 0 unspecified atom stereocenters. The van der Waals surface area contributed by atoms with Crippen LogP contribution in [0.15, 0.2) is 67.3 Å². The van der Waals surface area contributed by atoms with E-state index >= 15 is 0 Å². The molecule has 0 bridgehead atoms.